The molecule has 0 bridgehead atoms. The molecule has 0 saturated carbocycles. The van der Waals surface area contributed by atoms with Crippen LogP contribution in [0, 0.1) is 0 Å². The van der Waals surface area contributed by atoms with Crippen LogP contribution in [0.15, 0.2) is 48.5 Å². The Hall–Kier alpha value is -2.36. The van der Waals surface area contributed by atoms with Crippen molar-refractivity contribution in [2.24, 2.45) is 0 Å². The summed E-state index contributed by atoms with van der Waals surface area (Å²) < 4.78 is 0. The first-order chi connectivity index (χ1) is 14.0. The van der Waals surface area contributed by atoms with E-state index in [-0.39, 0.29) is 11.8 Å². The molecule has 4 nitrogen and oxygen atoms in total. The number of benzene rings is 2. The molecule has 1 fully saturated rings. The van der Waals surface area contributed by atoms with E-state index in [1.807, 2.05) is 0 Å². The number of hydrogen-bond acceptors (Lipinski definition) is 4. The normalized spacial score (nSPS) is 25.7. The lowest BCUT2D eigenvalue weighted by atomic mass is 9.99. The first kappa shape index (κ1) is 18.7. The average Bonchev–Trinajstić information content (AvgIpc) is 3.14. The zero-order valence-corrected chi connectivity index (χ0v) is 18.5. The molecule has 4 heteroatoms. The molecule has 3 aliphatic heterocycles. The van der Waals surface area contributed by atoms with E-state index in [1.54, 1.807) is 0 Å². The van der Waals surface area contributed by atoms with Crippen molar-refractivity contribution in [1.82, 2.24) is 0 Å². The lowest BCUT2D eigenvalue weighted by Gasteiger charge is -2.55. The zero-order valence-electron chi connectivity index (χ0n) is 18.5. The molecule has 2 aromatic carbocycles. The van der Waals surface area contributed by atoms with Crippen LogP contribution in [0.3, 0.4) is 0 Å². The van der Waals surface area contributed by atoms with Crippen LogP contribution in [0.25, 0.3) is 0 Å². The van der Waals surface area contributed by atoms with Crippen LogP contribution < -0.4 is 19.6 Å². The van der Waals surface area contributed by atoms with E-state index >= 15 is 0 Å². The maximum atomic E-state index is 2.71. The fraction of sp³-hybridized carbons (Fsp3) is 0.520. The largest absolute Gasteiger partial charge is 0.346 e. The van der Waals surface area contributed by atoms with E-state index in [0.29, 0.717) is 12.1 Å². The van der Waals surface area contributed by atoms with E-state index in [9.17, 15) is 0 Å². The summed E-state index contributed by atoms with van der Waals surface area (Å²) in [5.74, 6) is 0. The first-order valence-corrected chi connectivity index (χ1v) is 11.3. The fourth-order valence-corrected chi connectivity index (χ4v) is 6.18. The summed E-state index contributed by atoms with van der Waals surface area (Å²) in [5.41, 5.74) is 5.42. The molecule has 0 radical (unpaired) electrons. The van der Waals surface area contributed by atoms with Crippen molar-refractivity contribution in [1.29, 1.82) is 0 Å². The number of fused-ring (bicyclic) bond motifs is 7. The third-order valence-electron chi connectivity index (χ3n) is 7.09. The Morgan fingerprint density at radius 3 is 2.00 bits per heavy atom. The maximum Gasteiger partial charge on any atom is 0.150 e. The molecule has 0 spiro atoms. The average molecular weight is 391 g/mol. The van der Waals surface area contributed by atoms with Crippen LogP contribution >= 0.6 is 0 Å². The molecule has 29 heavy (non-hydrogen) atoms. The van der Waals surface area contributed by atoms with Crippen molar-refractivity contribution in [3.63, 3.8) is 0 Å². The fourth-order valence-electron chi connectivity index (χ4n) is 6.18. The van der Waals surface area contributed by atoms with Crippen molar-refractivity contribution in [3.05, 3.63) is 48.5 Å². The van der Waals surface area contributed by atoms with E-state index in [1.165, 1.54) is 35.6 Å². The van der Waals surface area contributed by atoms with Gasteiger partial charge in [0.05, 0.1) is 22.7 Å². The number of nitrogens with zero attached hydrogens (tertiary/aromatic N) is 4. The molecule has 5 rings (SSSR count). The van der Waals surface area contributed by atoms with Crippen LogP contribution in [-0.2, 0) is 0 Å². The first-order valence-electron chi connectivity index (χ1n) is 11.3. The van der Waals surface area contributed by atoms with Crippen LogP contribution in [-0.4, -0.2) is 37.0 Å². The highest BCUT2D eigenvalue weighted by Crippen LogP contribution is 2.54. The lowest BCUT2D eigenvalue weighted by Crippen LogP contribution is -2.73. The van der Waals surface area contributed by atoms with Crippen LogP contribution in [0.1, 0.15) is 47.5 Å². The molecule has 1 saturated heterocycles. The third-order valence-corrected chi connectivity index (χ3v) is 7.09. The monoisotopic (exact) mass is 390 g/mol. The summed E-state index contributed by atoms with van der Waals surface area (Å²) in [6.07, 6.45) is 2.73. The quantitative estimate of drug-likeness (QED) is 0.690. The Labute approximate surface area is 175 Å². The molecule has 0 aromatic heterocycles. The molecule has 0 aliphatic carbocycles. The molecule has 0 N–H and O–H groups in total. The summed E-state index contributed by atoms with van der Waals surface area (Å²) in [5, 5.41) is 0. The second-order valence-corrected chi connectivity index (χ2v) is 9.46. The maximum absolute atomic E-state index is 2.71. The lowest BCUT2D eigenvalue weighted by molar-refractivity contribution is 0.288. The molecule has 1 unspecified atom stereocenters. The third kappa shape index (κ3) is 2.44. The van der Waals surface area contributed by atoms with Gasteiger partial charge in [-0.2, -0.15) is 0 Å². The van der Waals surface area contributed by atoms with Gasteiger partial charge in [0.2, 0.25) is 0 Å². The highest BCUT2D eigenvalue weighted by atomic mass is 15.6. The summed E-state index contributed by atoms with van der Waals surface area (Å²) in [6, 6.07) is 18.9. The standard InChI is InChI=1S/C25H34N4/c1-18(2)28-22-14-8-6-12-20(22)26-16-10-11-17-27-21-13-7-9-15-23(21)29(19(3)4)25(27,5)24(26)28/h6-9,12-15,18-19,24H,10-11,16-17H2,1-5H3/t24?,25-/m1/s1. The Balaban J connectivity index is 1.75. The number of para-hydroxylation sites is 4. The summed E-state index contributed by atoms with van der Waals surface area (Å²) in [6.45, 7) is 14.1. The molecule has 3 heterocycles. The van der Waals surface area contributed by atoms with Gasteiger partial charge in [-0.25, -0.2) is 0 Å². The molecular formula is C25H34N4. The van der Waals surface area contributed by atoms with Gasteiger partial charge >= 0.3 is 0 Å². The summed E-state index contributed by atoms with van der Waals surface area (Å²) >= 11 is 0. The highest BCUT2D eigenvalue weighted by molar-refractivity contribution is 5.85. The molecule has 0 amide bonds. The number of anilines is 4. The minimum atomic E-state index is -0.137. The van der Waals surface area contributed by atoms with Crippen molar-refractivity contribution in [3.8, 4) is 0 Å². The minimum absolute atomic E-state index is 0.137. The van der Waals surface area contributed by atoms with Crippen LogP contribution in [0.5, 0.6) is 0 Å². The second-order valence-electron chi connectivity index (χ2n) is 9.46. The second kappa shape index (κ2) is 6.58. The van der Waals surface area contributed by atoms with Gasteiger partial charge in [-0.15, -0.1) is 0 Å². The van der Waals surface area contributed by atoms with Crippen LogP contribution in [0.2, 0.25) is 0 Å². The van der Waals surface area contributed by atoms with Crippen LogP contribution in [0.4, 0.5) is 22.7 Å². The van der Waals surface area contributed by atoms with Gasteiger partial charge < -0.3 is 19.6 Å². The van der Waals surface area contributed by atoms with Gasteiger partial charge in [0.25, 0.3) is 0 Å². The highest BCUT2D eigenvalue weighted by Gasteiger charge is 2.58. The Bertz CT molecular complexity index is 907. The van der Waals surface area contributed by atoms with Gasteiger partial charge in [0.1, 0.15) is 6.17 Å². The van der Waals surface area contributed by atoms with E-state index < -0.39 is 0 Å². The topological polar surface area (TPSA) is 13.0 Å². The van der Waals surface area contributed by atoms with E-state index in [2.05, 4.69) is 103 Å². The van der Waals surface area contributed by atoms with Gasteiger partial charge in [-0.3, -0.25) is 0 Å². The number of rotatable bonds is 2. The summed E-state index contributed by atoms with van der Waals surface area (Å²) in [7, 11) is 0. The smallest absolute Gasteiger partial charge is 0.150 e. The minimum Gasteiger partial charge on any atom is -0.346 e. The van der Waals surface area contributed by atoms with E-state index in [4.69, 9.17) is 0 Å². The molecule has 3 aliphatic rings. The molecular weight excluding hydrogens is 356 g/mol. The predicted octanol–water partition coefficient (Wildman–Crippen LogP) is 5.29. The Morgan fingerprint density at radius 1 is 0.759 bits per heavy atom. The Morgan fingerprint density at radius 2 is 1.34 bits per heavy atom. The van der Waals surface area contributed by atoms with Gasteiger partial charge in [0.15, 0.2) is 5.66 Å². The molecule has 154 valence electrons. The number of hydrogen-bond donors (Lipinski definition) is 0. The van der Waals surface area contributed by atoms with Crippen molar-refractivity contribution < 1.29 is 0 Å². The van der Waals surface area contributed by atoms with Crippen molar-refractivity contribution in [2.75, 3.05) is 32.7 Å². The summed E-state index contributed by atoms with van der Waals surface area (Å²) in [4.78, 5) is 10.8. The Kier molecular flexibility index (Phi) is 4.23. The van der Waals surface area contributed by atoms with Gasteiger partial charge in [-0.05, 0) is 71.7 Å². The van der Waals surface area contributed by atoms with Gasteiger partial charge in [-0.1, -0.05) is 24.3 Å². The zero-order chi connectivity index (χ0) is 20.3. The van der Waals surface area contributed by atoms with Gasteiger partial charge in [0, 0.05) is 25.2 Å². The van der Waals surface area contributed by atoms with Crippen molar-refractivity contribution in [2.45, 2.75) is 71.4 Å². The SMILES string of the molecule is CC(C)N1c2ccccc2N2CCCCN3c4ccccc4N(C(C)C)[C@]3(C)C21. The predicted molar refractivity (Wildman–Crippen MR) is 124 cm³/mol. The van der Waals surface area contributed by atoms with Crippen molar-refractivity contribution >= 4 is 22.7 Å². The van der Waals surface area contributed by atoms with E-state index in [0.717, 1.165) is 13.1 Å². The molecule has 2 atom stereocenters. The molecule has 2 aromatic rings.